The minimum absolute atomic E-state index is 0.0748. The maximum atomic E-state index is 6.92. The van der Waals surface area contributed by atoms with Crippen LogP contribution in [0.2, 0.25) is 0 Å². The molecule has 0 amide bonds. The van der Waals surface area contributed by atoms with E-state index in [1.807, 2.05) is 18.2 Å². The van der Waals surface area contributed by atoms with Gasteiger partial charge in [-0.05, 0) is 0 Å². The van der Waals surface area contributed by atoms with Gasteiger partial charge in [0.2, 0.25) is 0 Å². The summed E-state index contributed by atoms with van der Waals surface area (Å²) in [7, 11) is -0.381. The van der Waals surface area contributed by atoms with Crippen molar-refractivity contribution in [2.45, 2.75) is 18.6 Å². The van der Waals surface area contributed by atoms with Crippen LogP contribution < -0.4 is 5.30 Å². The van der Waals surface area contributed by atoms with Gasteiger partial charge in [0.1, 0.15) is 0 Å². The van der Waals surface area contributed by atoms with E-state index in [0.717, 1.165) is 16.4 Å². The van der Waals surface area contributed by atoms with Crippen molar-refractivity contribution in [2.75, 3.05) is 0 Å². The zero-order valence-electron chi connectivity index (χ0n) is 14.6. The fourth-order valence-corrected chi connectivity index (χ4v) is 6.78. The van der Waals surface area contributed by atoms with Crippen molar-refractivity contribution >= 4 is 20.5 Å². The average molecular weight is 348 g/mol. The van der Waals surface area contributed by atoms with Crippen molar-refractivity contribution in [2.24, 2.45) is 0 Å². The second-order valence-electron chi connectivity index (χ2n) is 6.64. The monoisotopic (exact) mass is 348 g/mol. The van der Waals surface area contributed by atoms with Crippen LogP contribution in [0.1, 0.15) is 18.1 Å². The molecule has 3 aromatic rings. The molecular weight excluding hydrogens is 326 g/mol. The summed E-state index contributed by atoms with van der Waals surface area (Å²) < 4.78 is 13.5. The Bertz CT molecular complexity index is 802. The molecule has 0 saturated carbocycles. The van der Waals surface area contributed by atoms with Crippen molar-refractivity contribution in [3.8, 4) is 0 Å². The second-order valence-corrected chi connectivity index (χ2v) is 9.55. The molecule has 1 aliphatic heterocycles. The Labute approximate surface area is 150 Å². The minimum atomic E-state index is -2.53. The van der Waals surface area contributed by atoms with Crippen molar-refractivity contribution in [1.29, 1.82) is 0 Å². The molecule has 0 aliphatic carbocycles. The van der Waals surface area contributed by atoms with Crippen LogP contribution in [0.4, 0.5) is 0 Å². The molecule has 25 heavy (non-hydrogen) atoms. The van der Waals surface area contributed by atoms with E-state index in [9.17, 15) is 0 Å². The quantitative estimate of drug-likeness (QED) is 0.529. The molecule has 1 heterocycles. The molecule has 3 aromatic carbocycles. The first-order chi connectivity index (χ1) is 12.2. The van der Waals surface area contributed by atoms with E-state index in [0.29, 0.717) is 0 Å². The molecular formula is C21H22BO2P. The zero-order chi connectivity index (χ0) is 17.3. The van der Waals surface area contributed by atoms with Crippen molar-refractivity contribution in [3.63, 3.8) is 0 Å². The molecule has 1 aliphatic rings. The molecule has 2 nitrogen and oxygen atoms in total. The standard InChI is InChI=1S/C21H22BO2P/c1-17-21(18-11-5-2-6-12-18,19-13-7-3-8-14-19)24-25(22,23-17)20-15-9-4-10-16-20/h2-17,25H,22H2,1H3. The number of benzene rings is 3. The predicted molar refractivity (Wildman–Crippen MR) is 108 cm³/mol. The van der Waals surface area contributed by atoms with E-state index < -0.39 is 13.2 Å². The van der Waals surface area contributed by atoms with Gasteiger partial charge in [0.15, 0.2) is 0 Å². The molecule has 0 bridgehead atoms. The Morgan fingerprint density at radius 2 is 1.20 bits per heavy atom. The normalized spacial score (nSPS) is 22.4. The van der Waals surface area contributed by atoms with Crippen LogP contribution in [-0.2, 0) is 14.6 Å². The molecule has 1 fully saturated rings. The first-order valence-corrected chi connectivity index (χ1v) is 11.0. The summed E-state index contributed by atoms with van der Waals surface area (Å²) in [4.78, 5) is 0. The van der Waals surface area contributed by atoms with E-state index in [4.69, 9.17) is 9.05 Å². The van der Waals surface area contributed by atoms with Gasteiger partial charge in [-0.15, -0.1) is 0 Å². The third kappa shape index (κ3) is 2.73. The predicted octanol–water partition coefficient (Wildman–Crippen LogP) is 3.82. The van der Waals surface area contributed by atoms with E-state index in [-0.39, 0.29) is 6.10 Å². The van der Waals surface area contributed by atoms with Gasteiger partial charge in [0.05, 0.1) is 0 Å². The van der Waals surface area contributed by atoms with Crippen molar-refractivity contribution < 1.29 is 9.05 Å². The summed E-state index contributed by atoms with van der Waals surface area (Å²) in [6, 6.07) is 31.2. The Hall–Kier alpha value is -1.93. The molecule has 4 rings (SSSR count). The van der Waals surface area contributed by atoms with Crippen LogP contribution in [0.5, 0.6) is 0 Å². The SMILES string of the molecule is B[PH]1(c2ccccc2)OC(C)C(c2ccccc2)(c2ccccc2)O1. The van der Waals surface area contributed by atoms with Crippen molar-refractivity contribution in [3.05, 3.63) is 102 Å². The van der Waals surface area contributed by atoms with Gasteiger partial charge in [-0.25, -0.2) is 0 Å². The van der Waals surface area contributed by atoms with Gasteiger partial charge in [-0.1, -0.05) is 0 Å². The van der Waals surface area contributed by atoms with Crippen LogP contribution in [0.15, 0.2) is 91.0 Å². The molecule has 0 spiro atoms. The van der Waals surface area contributed by atoms with E-state index in [1.165, 1.54) is 0 Å². The summed E-state index contributed by atoms with van der Waals surface area (Å²) in [6.07, 6.45) is -0.0748. The maximum absolute atomic E-state index is 6.92. The summed E-state index contributed by atoms with van der Waals surface area (Å²) in [5.41, 5.74) is 1.70. The van der Waals surface area contributed by atoms with Crippen LogP contribution in [0, 0.1) is 0 Å². The third-order valence-corrected chi connectivity index (χ3v) is 7.93. The zero-order valence-corrected chi connectivity index (χ0v) is 15.6. The fourth-order valence-electron chi connectivity index (χ4n) is 3.83. The molecule has 4 heteroatoms. The summed E-state index contributed by atoms with van der Waals surface area (Å²) in [5, 5.41) is 1.16. The van der Waals surface area contributed by atoms with Gasteiger partial charge in [-0.3, -0.25) is 0 Å². The van der Waals surface area contributed by atoms with E-state index in [2.05, 4.69) is 87.3 Å². The van der Waals surface area contributed by atoms with Crippen LogP contribution in [-0.4, -0.2) is 13.7 Å². The van der Waals surface area contributed by atoms with Gasteiger partial charge >= 0.3 is 150 Å². The van der Waals surface area contributed by atoms with Gasteiger partial charge in [-0.2, -0.15) is 0 Å². The Kier molecular flexibility index (Phi) is 4.25. The first kappa shape index (κ1) is 16.5. The number of rotatable bonds is 3. The Morgan fingerprint density at radius 1 is 0.760 bits per heavy atom. The number of hydrogen-bond donors (Lipinski definition) is 0. The molecule has 0 radical (unpaired) electrons. The molecule has 1 saturated heterocycles. The summed E-state index contributed by atoms with van der Waals surface area (Å²) in [6.45, 7) is 2.13. The fraction of sp³-hybridized carbons (Fsp3) is 0.143. The molecule has 0 N–H and O–H groups in total. The molecule has 1 unspecified atom stereocenters. The second kappa shape index (κ2) is 6.42. The first-order valence-electron chi connectivity index (χ1n) is 8.70. The molecule has 0 aromatic heterocycles. The topological polar surface area (TPSA) is 18.5 Å². The van der Waals surface area contributed by atoms with Crippen LogP contribution in [0.25, 0.3) is 0 Å². The number of hydrogen-bond acceptors (Lipinski definition) is 2. The third-order valence-electron chi connectivity index (χ3n) is 5.03. The average Bonchev–Trinajstić information content (AvgIpc) is 2.97. The van der Waals surface area contributed by atoms with E-state index in [1.54, 1.807) is 0 Å². The van der Waals surface area contributed by atoms with Crippen LogP contribution >= 0.6 is 7.59 Å². The molecule has 1 atom stereocenters. The summed E-state index contributed by atoms with van der Waals surface area (Å²) in [5.74, 6) is 0. The van der Waals surface area contributed by atoms with Gasteiger partial charge in [0, 0.05) is 0 Å². The Balaban J connectivity index is 1.88. The molecule has 126 valence electrons. The summed E-state index contributed by atoms with van der Waals surface area (Å²) >= 11 is 0. The van der Waals surface area contributed by atoms with Crippen LogP contribution in [0.3, 0.4) is 0 Å². The Morgan fingerprint density at radius 3 is 1.68 bits per heavy atom. The van der Waals surface area contributed by atoms with Gasteiger partial charge in [0.25, 0.3) is 0 Å². The van der Waals surface area contributed by atoms with E-state index >= 15 is 0 Å². The van der Waals surface area contributed by atoms with Crippen molar-refractivity contribution in [1.82, 2.24) is 0 Å². The van der Waals surface area contributed by atoms with Gasteiger partial charge < -0.3 is 0 Å².